The lowest BCUT2D eigenvalue weighted by Crippen LogP contribution is -2.47. The molecule has 0 aliphatic carbocycles. The van der Waals surface area contributed by atoms with Crippen molar-refractivity contribution >= 4 is 8.60 Å². The fourth-order valence-corrected chi connectivity index (χ4v) is 4.62. The molecule has 0 spiro atoms. The number of nitrogens with zero attached hydrogens (tertiary/aromatic N) is 1. The van der Waals surface area contributed by atoms with Crippen LogP contribution in [0.1, 0.15) is 57.4 Å². The van der Waals surface area contributed by atoms with Crippen LogP contribution in [0.25, 0.3) is 0 Å². The minimum absolute atomic E-state index is 0.220. The number of benzene rings is 1. The Morgan fingerprint density at radius 2 is 1.30 bits per heavy atom. The van der Waals surface area contributed by atoms with Crippen molar-refractivity contribution in [2.45, 2.75) is 70.6 Å². The molecule has 0 saturated carbocycles. The molecule has 1 aromatic rings. The summed E-state index contributed by atoms with van der Waals surface area (Å²) in [4.78, 5) is 10.3. The van der Waals surface area contributed by atoms with Crippen LogP contribution in [0.5, 0.6) is 0 Å². The van der Waals surface area contributed by atoms with Crippen LogP contribution >= 0.6 is 8.60 Å². The van der Waals surface area contributed by atoms with Crippen molar-refractivity contribution in [3.8, 4) is 0 Å². The lowest BCUT2D eigenvalue weighted by Gasteiger charge is -2.33. The zero-order valence-electron chi connectivity index (χ0n) is 25.8. The molecule has 0 amide bonds. The third kappa shape index (κ3) is 21.1. The highest BCUT2D eigenvalue weighted by atomic mass is 31.2. The summed E-state index contributed by atoms with van der Waals surface area (Å²) in [6, 6.07) is 10.3. The highest BCUT2D eigenvalue weighted by Crippen LogP contribution is 2.34. The summed E-state index contributed by atoms with van der Waals surface area (Å²) >= 11 is 0. The largest absolute Gasteiger partial charge is 0.382 e. The molecule has 0 aromatic heterocycles. The van der Waals surface area contributed by atoms with E-state index in [4.69, 9.17) is 32.7 Å². The molecule has 3 atom stereocenters. The number of likely N-dealkylation sites (N-methyl/N-ethyl adjacent to an activating group) is 1. The zero-order valence-corrected chi connectivity index (χ0v) is 26.7. The highest BCUT2D eigenvalue weighted by molar-refractivity contribution is 7.40. The van der Waals surface area contributed by atoms with Gasteiger partial charge in [0, 0.05) is 20.3 Å². The summed E-state index contributed by atoms with van der Waals surface area (Å²) in [6.07, 6.45) is 7.49. The Balaban J connectivity index is 2.19. The van der Waals surface area contributed by atoms with E-state index in [0.717, 1.165) is 42.3 Å². The summed E-state index contributed by atoms with van der Waals surface area (Å²) in [5.74, 6) is 0. The van der Waals surface area contributed by atoms with Crippen molar-refractivity contribution in [2.24, 2.45) is 0 Å². The molecule has 3 unspecified atom stereocenters. The first kappa shape index (κ1) is 37.3. The number of rotatable bonds is 28. The van der Waals surface area contributed by atoms with Crippen molar-refractivity contribution in [1.29, 1.82) is 0 Å². The summed E-state index contributed by atoms with van der Waals surface area (Å²) in [6.45, 7) is 7.66. The van der Waals surface area contributed by atoms with E-state index in [1.165, 1.54) is 19.3 Å². The number of ether oxygens (including phenoxy) is 5. The van der Waals surface area contributed by atoms with Gasteiger partial charge < -0.3 is 42.1 Å². The number of methoxy groups -OCH3 is 1. The minimum atomic E-state index is -1.97. The fourth-order valence-electron chi connectivity index (χ4n) is 3.95. The van der Waals surface area contributed by atoms with Gasteiger partial charge in [0.1, 0.15) is 18.8 Å². The van der Waals surface area contributed by atoms with E-state index in [1.54, 1.807) is 7.11 Å². The van der Waals surface area contributed by atoms with Crippen molar-refractivity contribution in [3.05, 3.63) is 35.9 Å². The quantitative estimate of drug-likeness (QED) is 0.0795. The average molecular weight is 591 g/mol. The maximum atomic E-state index is 10.3. The molecule has 0 bridgehead atoms. The van der Waals surface area contributed by atoms with Gasteiger partial charge in [-0.1, -0.05) is 62.9 Å². The van der Waals surface area contributed by atoms with Crippen molar-refractivity contribution in [2.75, 3.05) is 87.7 Å². The van der Waals surface area contributed by atoms with E-state index in [1.807, 2.05) is 30.3 Å². The van der Waals surface area contributed by atoms with Gasteiger partial charge in [-0.3, -0.25) is 0 Å². The van der Waals surface area contributed by atoms with E-state index in [2.05, 4.69) is 28.1 Å². The lowest BCUT2D eigenvalue weighted by molar-refractivity contribution is -0.896. The van der Waals surface area contributed by atoms with E-state index < -0.39 is 8.60 Å². The molecular formula is C30H57NO8P+. The lowest BCUT2D eigenvalue weighted by atomic mass is 10.1. The Morgan fingerprint density at radius 3 is 1.93 bits per heavy atom. The van der Waals surface area contributed by atoms with Gasteiger partial charge in [0.2, 0.25) is 0 Å². The van der Waals surface area contributed by atoms with Gasteiger partial charge >= 0.3 is 8.60 Å². The maximum absolute atomic E-state index is 10.3. The van der Waals surface area contributed by atoms with Gasteiger partial charge in [-0.15, -0.1) is 0 Å². The smallest absolute Gasteiger partial charge is 0.330 e. The first-order valence-electron chi connectivity index (χ1n) is 14.8. The third-order valence-corrected chi connectivity index (χ3v) is 7.32. The van der Waals surface area contributed by atoms with Crippen molar-refractivity contribution < 1.29 is 42.1 Å². The minimum Gasteiger partial charge on any atom is -0.382 e. The van der Waals surface area contributed by atoms with Crippen LogP contribution in [0.3, 0.4) is 0 Å². The maximum Gasteiger partial charge on any atom is 0.330 e. The predicted octanol–water partition coefficient (Wildman–Crippen LogP) is 5.35. The second-order valence-corrected chi connectivity index (χ2v) is 11.8. The van der Waals surface area contributed by atoms with Crippen LogP contribution in [0.4, 0.5) is 0 Å². The second-order valence-electron chi connectivity index (χ2n) is 10.8. The SMILES string of the molecule is CCC(COP(O)OCC(COCCCCCCCCOCCOCCOC)OCc1ccccc1)[N+](C)(C)C. The zero-order chi connectivity index (χ0) is 29.3. The van der Waals surface area contributed by atoms with Crippen molar-refractivity contribution in [1.82, 2.24) is 0 Å². The van der Waals surface area contributed by atoms with Crippen LogP contribution in [0.2, 0.25) is 0 Å². The van der Waals surface area contributed by atoms with Gasteiger partial charge in [0.05, 0.1) is 67.4 Å². The fraction of sp³-hybridized carbons (Fsp3) is 0.800. The molecule has 40 heavy (non-hydrogen) atoms. The first-order chi connectivity index (χ1) is 19.4. The number of unbranched alkanes of at least 4 members (excludes halogenated alkanes) is 5. The van der Waals surface area contributed by atoms with Gasteiger partial charge in [-0.05, 0) is 24.8 Å². The molecule has 234 valence electrons. The topological polar surface area (TPSA) is 84.8 Å². The van der Waals surface area contributed by atoms with E-state index >= 15 is 0 Å². The molecule has 10 heteroatoms. The Hall–Kier alpha value is -0.710. The average Bonchev–Trinajstić information content (AvgIpc) is 2.94. The summed E-state index contributed by atoms with van der Waals surface area (Å²) in [7, 11) is 6.09. The standard InChI is InChI=1S/C30H57NO8P/c1-6-29(31(2,3)4)25-38-40(32)39-27-30(37-24-28-16-12-11-13-17-28)26-36-19-15-10-8-7-9-14-18-34-22-23-35-21-20-33-5/h11-13,16-17,29-30,32H,6-10,14-15,18-27H2,1-5H3/q+1. The summed E-state index contributed by atoms with van der Waals surface area (Å²) in [5.41, 5.74) is 1.09. The van der Waals surface area contributed by atoms with Crippen LogP contribution in [-0.2, 0) is 39.3 Å². The van der Waals surface area contributed by atoms with Gasteiger partial charge in [-0.2, -0.15) is 0 Å². The normalized spacial score (nSPS) is 14.3. The number of hydrogen-bond donors (Lipinski definition) is 1. The van der Waals surface area contributed by atoms with Crippen LogP contribution in [0, 0.1) is 0 Å². The Morgan fingerprint density at radius 1 is 0.725 bits per heavy atom. The molecule has 0 radical (unpaired) electrons. The summed E-state index contributed by atoms with van der Waals surface area (Å²) < 4.78 is 39.9. The van der Waals surface area contributed by atoms with Crippen LogP contribution < -0.4 is 0 Å². The van der Waals surface area contributed by atoms with Gasteiger partial charge in [0.25, 0.3) is 0 Å². The highest BCUT2D eigenvalue weighted by Gasteiger charge is 2.24. The first-order valence-corrected chi connectivity index (χ1v) is 15.9. The Kier molecular flexibility index (Phi) is 23.2. The van der Waals surface area contributed by atoms with Crippen molar-refractivity contribution in [3.63, 3.8) is 0 Å². The molecule has 1 rings (SSSR count). The molecule has 1 aromatic carbocycles. The third-order valence-electron chi connectivity index (χ3n) is 6.58. The van der Waals surface area contributed by atoms with Gasteiger partial charge in [0.15, 0.2) is 0 Å². The monoisotopic (exact) mass is 590 g/mol. The number of quaternary nitrogens is 1. The number of hydrogen-bond acceptors (Lipinski definition) is 8. The molecule has 0 saturated heterocycles. The Labute approximate surface area is 245 Å². The van der Waals surface area contributed by atoms with Crippen LogP contribution in [0.15, 0.2) is 30.3 Å². The molecular weight excluding hydrogens is 533 g/mol. The molecule has 0 heterocycles. The second kappa shape index (κ2) is 24.8. The molecule has 0 aliphatic heterocycles. The van der Waals surface area contributed by atoms with E-state index in [9.17, 15) is 4.89 Å². The molecule has 0 fully saturated rings. The Bertz CT molecular complexity index is 679. The molecule has 1 N–H and O–H groups in total. The molecule has 0 aliphatic rings. The van der Waals surface area contributed by atoms with E-state index in [0.29, 0.717) is 58.9 Å². The summed E-state index contributed by atoms with van der Waals surface area (Å²) in [5, 5.41) is 0. The van der Waals surface area contributed by atoms with Gasteiger partial charge in [-0.25, -0.2) is 0 Å². The van der Waals surface area contributed by atoms with E-state index in [-0.39, 0.29) is 12.7 Å². The molecule has 9 nitrogen and oxygen atoms in total. The van der Waals surface area contributed by atoms with Crippen LogP contribution in [-0.4, -0.2) is 109 Å². The predicted molar refractivity (Wildman–Crippen MR) is 160 cm³/mol.